The van der Waals surface area contributed by atoms with Gasteiger partial charge < -0.3 is 14.9 Å². The van der Waals surface area contributed by atoms with Crippen molar-refractivity contribution in [2.45, 2.75) is 58.9 Å². The van der Waals surface area contributed by atoms with Crippen molar-refractivity contribution in [1.29, 1.82) is 5.26 Å². The van der Waals surface area contributed by atoms with Gasteiger partial charge in [0.15, 0.2) is 0 Å². The van der Waals surface area contributed by atoms with Gasteiger partial charge in [-0.05, 0) is 44.9 Å². The lowest BCUT2D eigenvalue weighted by molar-refractivity contribution is -0.137. The largest absolute Gasteiger partial charge is 0.481 e. The number of piperazine rings is 1. The van der Waals surface area contributed by atoms with E-state index in [-0.39, 0.29) is 23.5 Å². The minimum atomic E-state index is -0.822. The quantitative estimate of drug-likeness (QED) is 0.254. The summed E-state index contributed by atoms with van der Waals surface area (Å²) in [5, 5.41) is 18.7. The summed E-state index contributed by atoms with van der Waals surface area (Å²) in [6.07, 6.45) is 5.55. The van der Waals surface area contributed by atoms with Crippen LogP contribution in [0.3, 0.4) is 0 Å². The van der Waals surface area contributed by atoms with Crippen LogP contribution in [-0.2, 0) is 16.1 Å². The van der Waals surface area contributed by atoms with E-state index in [0.29, 0.717) is 47.1 Å². The average molecular weight is 546 g/mol. The lowest BCUT2D eigenvalue weighted by Crippen LogP contribution is -2.47. The predicted octanol–water partition coefficient (Wildman–Crippen LogP) is 3.43. The van der Waals surface area contributed by atoms with Crippen LogP contribution in [0.1, 0.15) is 62.1 Å². The maximum atomic E-state index is 13.4. The smallest absolute Gasteiger partial charge is 0.303 e. The number of carboxylic acids is 1. The molecule has 0 unspecified atom stereocenters. The number of pyridine rings is 1. The van der Waals surface area contributed by atoms with Gasteiger partial charge in [-0.15, -0.1) is 0 Å². The van der Waals surface area contributed by atoms with E-state index < -0.39 is 5.97 Å². The number of likely N-dealkylation sites (N-methyl/N-ethyl adjacent to an activating group) is 1. The van der Waals surface area contributed by atoms with Gasteiger partial charge in [-0.2, -0.15) is 5.26 Å². The summed E-state index contributed by atoms with van der Waals surface area (Å²) in [5.41, 5.74) is 1.12. The molecule has 11 heteroatoms. The number of aromatic nitrogens is 1. The van der Waals surface area contributed by atoms with Gasteiger partial charge >= 0.3 is 5.97 Å². The van der Waals surface area contributed by atoms with Crippen molar-refractivity contribution < 1.29 is 14.7 Å². The van der Waals surface area contributed by atoms with Crippen molar-refractivity contribution in [2.75, 3.05) is 44.7 Å². The Labute approximate surface area is 227 Å². The third kappa shape index (κ3) is 6.80. The zero-order chi connectivity index (χ0) is 27.1. The minimum Gasteiger partial charge on any atom is -0.481 e. The minimum absolute atomic E-state index is 0.106. The van der Waals surface area contributed by atoms with E-state index in [4.69, 9.17) is 17.3 Å². The number of unbranched alkanes of at least 4 members (excludes halogenated alkanes) is 3. The Morgan fingerprint density at radius 1 is 1.14 bits per heavy atom. The molecule has 9 nitrogen and oxygen atoms in total. The summed E-state index contributed by atoms with van der Waals surface area (Å²) < 4.78 is 2.18. The molecule has 37 heavy (non-hydrogen) atoms. The SMILES string of the molecule is CCCCn1c(N2CCN(C)CC2)c(/C=C2\SC(=S)N(CCCCCC(=O)O)C2=O)c(C)c(C#N)c1=O. The van der Waals surface area contributed by atoms with Crippen molar-refractivity contribution in [3.63, 3.8) is 0 Å². The number of thioether (sulfide) groups is 1. The van der Waals surface area contributed by atoms with Crippen molar-refractivity contribution in [2.24, 2.45) is 0 Å². The molecular weight excluding hydrogens is 510 g/mol. The summed E-state index contributed by atoms with van der Waals surface area (Å²) in [7, 11) is 2.07. The van der Waals surface area contributed by atoms with Crippen LogP contribution in [0.4, 0.5) is 5.82 Å². The number of thiocarbonyl (C=S) groups is 1. The molecule has 0 bridgehead atoms. The summed E-state index contributed by atoms with van der Waals surface area (Å²) in [6.45, 7) is 7.97. The number of hydrogen-bond acceptors (Lipinski definition) is 8. The molecule has 3 heterocycles. The second kappa shape index (κ2) is 13.2. The van der Waals surface area contributed by atoms with Gasteiger partial charge in [0.25, 0.3) is 11.5 Å². The van der Waals surface area contributed by atoms with E-state index in [1.165, 1.54) is 11.8 Å². The van der Waals surface area contributed by atoms with Crippen LogP contribution >= 0.6 is 24.0 Å². The number of hydrogen-bond donors (Lipinski definition) is 1. The normalized spacial score (nSPS) is 17.6. The Bertz CT molecular complexity index is 1180. The van der Waals surface area contributed by atoms with Gasteiger partial charge in [0.05, 0.1) is 4.91 Å². The summed E-state index contributed by atoms with van der Waals surface area (Å²) >= 11 is 6.73. The third-order valence-electron chi connectivity index (χ3n) is 6.81. The Balaban J connectivity index is 2.00. The molecule has 1 aromatic rings. The number of carbonyl (C=O) groups is 2. The molecule has 2 saturated heterocycles. The van der Waals surface area contributed by atoms with Crippen LogP contribution < -0.4 is 10.5 Å². The number of carboxylic acid groups (broad SMARTS) is 1. The van der Waals surface area contributed by atoms with Crippen LogP contribution in [-0.4, -0.2) is 75.4 Å². The van der Waals surface area contributed by atoms with Crippen molar-refractivity contribution in [1.82, 2.24) is 14.4 Å². The Kier molecular flexibility index (Phi) is 10.3. The maximum absolute atomic E-state index is 13.4. The number of nitriles is 1. The Morgan fingerprint density at radius 3 is 2.46 bits per heavy atom. The highest BCUT2D eigenvalue weighted by molar-refractivity contribution is 8.26. The fourth-order valence-electron chi connectivity index (χ4n) is 4.57. The molecule has 2 fully saturated rings. The number of rotatable bonds is 11. The first-order valence-electron chi connectivity index (χ1n) is 12.8. The fraction of sp³-hybridized carbons (Fsp3) is 0.577. The second-order valence-electron chi connectivity index (χ2n) is 9.49. The van der Waals surface area contributed by atoms with Gasteiger partial charge in [-0.1, -0.05) is 43.7 Å². The first kappa shape index (κ1) is 28.9. The van der Waals surface area contributed by atoms with Crippen LogP contribution in [0.2, 0.25) is 0 Å². The maximum Gasteiger partial charge on any atom is 0.303 e. The highest BCUT2D eigenvalue weighted by atomic mass is 32.2. The molecule has 0 radical (unpaired) electrons. The second-order valence-corrected chi connectivity index (χ2v) is 11.2. The molecule has 3 rings (SSSR count). The molecular formula is C26H35N5O4S2. The lowest BCUT2D eigenvalue weighted by atomic mass is 10.0. The van der Waals surface area contributed by atoms with Crippen molar-refractivity contribution in [3.05, 3.63) is 31.9 Å². The monoisotopic (exact) mass is 545 g/mol. The number of carbonyl (C=O) groups excluding carboxylic acids is 1. The Morgan fingerprint density at radius 2 is 1.84 bits per heavy atom. The first-order valence-corrected chi connectivity index (χ1v) is 14.0. The first-order chi connectivity index (χ1) is 17.7. The number of aliphatic carboxylic acids is 1. The average Bonchev–Trinajstić information content (AvgIpc) is 3.12. The van der Waals surface area contributed by atoms with E-state index in [1.54, 1.807) is 22.5 Å². The van der Waals surface area contributed by atoms with Crippen molar-refractivity contribution in [3.8, 4) is 6.07 Å². The molecule has 1 amide bonds. The zero-order valence-electron chi connectivity index (χ0n) is 21.8. The van der Waals surface area contributed by atoms with Crippen LogP contribution in [0.15, 0.2) is 9.70 Å². The van der Waals surface area contributed by atoms with Crippen LogP contribution in [0.25, 0.3) is 6.08 Å². The molecule has 0 aliphatic carbocycles. The molecule has 0 spiro atoms. The molecule has 200 valence electrons. The van der Waals surface area contributed by atoms with Gasteiger partial charge in [0.2, 0.25) is 0 Å². The van der Waals surface area contributed by atoms with Gasteiger partial charge in [-0.25, -0.2) is 0 Å². The van der Waals surface area contributed by atoms with Crippen LogP contribution in [0.5, 0.6) is 0 Å². The van der Waals surface area contributed by atoms with Crippen molar-refractivity contribution >= 4 is 52.1 Å². The Hall–Kier alpha value is -2.68. The number of anilines is 1. The molecule has 2 aliphatic heterocycles. The topological polar surface area (TPSA) is 110 Å². The lowest BCUT2D eigenvalue weighted by Gasteiger charge is -2.36. The zero-order valence-corrected chi connectivity index (χ0v) is 23.4. The van der Waals surface area contributed by atoms with E-state index >= 15 is 0 Å². The number of nitrogens with zero attached hydrogens (tertiary/aromatic N) is 5. The summed E-state index contributed by atoms with van der Waals surface area (Å²) in [5.74, 6) is -0.249. The molecule has 1 N–H and O–H groups in total. The van der Waals surface area contributed by atoms with Crippen LogP contribution in [0, 0.1) is 18.3 Å². The molecule has 1 aromatic heterocycles. The number of amides is 1. The molecule has 0 atom stereocenters. The van der Waals surface area contributed by atoms with Gasteiger partial charge in [0, 0.05) is 51.3 Å². The summed E-state index contributed by atoms with van der Waals surface area (Å²) in [6, 6.07) is 2.10. The van der Waals surface area contributed by atoms with E-state index in [2.05, 4.69) is 29.8 Å². The van der Waals surface area contributed by atoms with E-state index in [1.807, 2.05) is 0 Å². The van der Waals surface area contributed by atoms with E-state index in [9.17, 15) is 19.6 Å². The third-order valence-corrected chi connectivity index (χ3v) is 8.18. The predicted molar refractivity (Wildman–Crippen MR) is 151 cm³/mol. The molecule has 0 aromatic carbocycles. The summed E-state index contributed by atoms with van der Waals surface area (Å²) in [4.78, 5) is 43.9. The highest BCUT2D eigenvalue weighted by Crippen LogP contribution is 2.36. The standard InChI is InChI=1S/C26H35N5O4S2/c1-4-5-10-30-23(29-14-12-28(3)13-15-29)19(18(2)20(17-27)24(30)34)16-21-25(35)31(26(36)37-21)11-8-6-7-9-22(32)33/h16H,4-15H2,1-3H3,(H,32,33)/b21-16-. The van der Waals surface area contributed by atoms with E-state index in [0.717, 1.165) is 50.4 Å². The molecule has 2 aliphatic rings. The van der Waals surface area contributed by atoms with Gasteiger partial charge in [-0.3, -0.25) is 23.9 Å². The highest BCUT2D eigenvalue weighted by Gasteiger charge is 2.33. The van der Waals surface area contributed by atoms with Gasteiger partial charge in [0.1, 0.15) is 21.8 Å². The molecule has 0 saturated carbocycles. The fourth-order valence-corrected chi connectivity index (χ4v) is 5.86.